The molecule has 1 aromatic rings. The number of hydrogen-bond donors (Lipinski definition) is 3. The number of morpholine rings is 1. The molecule has 1 saturated heterocycles. The Bertz CT molecular complexity index is 520. The van der Waals surface area contributed by atoms with E-state index in [1.165, 1.54) is 17.0 Å². The Balaban J connectivity index is 1.94. The summed E-state index contributed by atoms with van der Waals surface area (Å²) in [6.07, 6.45) is 0. The highest BCUT2D eigenvalue weighted by atomic mass is 16.5. The van der Waals surface area contributed by atoms with Crippen molar-refractivity contribution in [3.63, 3.8) is 0 Å². The maximum Gasteiger partial charge on any atom is 0.335 e. The number of carbonyl (C=O) groups is 2. The van der Waals surface area contributed by atoms with Crippen LogP contribution in [-0.2, 0) is 11.3 Å². The molecule has 21 heavy (non-hydrogen) atoms. The van der Waals surface area contributed by atoms with E-state index in [2.05, 4.69) is 5.32 Å². The maximum absolute atomic E-state index is 12.1. The topological polar surface area (TPSA) is 99.1 Å². The Morgan fingerprint density at radius 3 is 2.95 bits per heavy atom. The van der Waals surface area contributed by atoms with E-state index in [-0.39, 0.29) is 30.8 Å². The number of hydrogen-bond acceptors (Lipinski definition) is 4. The van der Waals surface area contributed by atoms with Gasteiger partial charge in [0.2, 0.25) is 0 Å². The van der Waals surface area contributed by atoms with Gasteiger partial charge in [-0.2, -0.15) is 0 Å². The molecular weight excluding hydrogens is 276 g/mol. The van der Waals surface area contributed by atoms with Gasteiger partial charge < -0.3 is 25.2 Å². The Labute approximate surface area is 122 Å². The van der Waals surface area contributed by atoms with E-state index in [9.17, 15) is 14.7 Å². The van der Waals surface area contributed by atoms with Gasteiger partial charge in [-0.15, -0.1) is 0 Å². The molecule has 1 aliphatic heterocycles. The number of urea groups is 1. The second-order valence-corrected chi connectivity index (χ2v) is 4.77. The van der Waals surface area contributed by atoms with E-state index in [1.54, 1.807) is 12.1 Å². The monoisotopic (exact) mass is 294 g/mol. The number of nitrogens with one attached hydrogen (secondary N) is 1. The molecule has 1 atom stereocenters. The molecule has 0 aliphatic carbocycles. The standard InChI is InChI=1S/C14H18N2O5/c17-8-12-9-21-5-4-16(12)14(20)15-7-10-2-1-3-11(6-10)13(18)19/h1-3,6,12,17H,4-5,7-9H2,(H,15,20)(H,18,19). The average molecular weight is 294 g/mol. The molecule has 0 bridgehead atoms. The third kappa shape index (κ3) is 3.93. The number of carboxylic acids is 1. The lowest BCUT2D eigenvalue weighted by atomic mass is 10.1. The van der Waals surface area contributed by atoms with Crippen LogP contribution in [0.3, 0.4) is 0 Å². The number of nitrogens with zero attached hydrogens (tertiary/aromatic N) is 1. The molecular formula is C14H18N2O5. The van der Waals surface area contributed by atoms with Crippen molar-refractivity contribution in [2.45, 2.75) is 12.6 Å². The molecule has 1 aliphatic rings. The first-order valence-electron chi connectivity index (χ1n) is 6.67. The minimum absolute atomic E-state index is 0.151. The SMILES string of the molecule is O=C(O)c1cccc(CNC(=O)N2CCOCC2CO)c1. The fraction of sp³-hybridized carbons (Fsp3) is 0.429. The highest BCUT2D eigenvalue weighted by Gasteiger charge is 2.26. The molecule has 2 amide bonds. The summed E-state index contributed by atoms with van der Waals surface area (Å²) in [5.74, 6) is -1.00. The fourth-order valence-corrected chi connectivity index (χ4v) is 2.17. The van der Waals surface area contributed by atoms with Crippen molar-refractivity contribution in [1.29, 1.82) is 0 Å². The Morgan fingerprint density at radius 2 is 2.24 bits per heavy atom. The van der Waals surface area contributed by atoms with Crippen LogP contribution in [0, 0.1) is 0 Å². The zero-order chi connectivity index (χ0) is 15.2. The summed E-state index contributed by atoms with van der Waals surface area (Å²) in [6.45, 7) is 1.26. The summed E-state index contributed by atoms with van der Waals surface area (Å²) in [7, 11) is 0. The molecule has 0 aromatic heterocycles. The molecule has 1 aromatic carbocycles. The van der Waals surface area contributed by atoms with Crippen LogP contribution in [0.25, 0.3) is 0 Å². The quantitative estimate of drug-likeness (QED) is 0.741. The Hall–Kier alpha value is -2.12. The molecule has 0 saturated carbocycles. The van der Waals surface area contributed by atoms with E-state index in [4.69, 9.17) is 9.84 Å². The number of ether oxygens (including phenoxy) is 1. The first-order valence-corrected chi connectivity index (χ1v) is 6.67. The summed E-state index contributed by atoms with van der Waals surface area (Å²) in [4.78, 5) is 24.5. The molecule has 7 nitrogen and oxygen atoms in total. The predicted octanol–water partition coefficient (Wildman–Crippen LogP) is 0.287. The van der Waals surface area contributed by atoms with Gasteiger partial charge in [0, 0.05) is 13.1 Å². The maximum atomic E-state index is 12.1. The number of carbonyl (C=O) groups excluding carboxylic acids is 1. The van der Waals surface area contributed by atoms with Crippen LogP contribution >= 0.6 is 0 Å². The lowest BCUT2D eigenvalue weighted by Crippen LogP contribution is -2.53. The van der Waals surface area contributed by atoms with Crippen LogP contribution < -0.4 is 5.32 Å². The smallest absolute Gasteiger partial charge is 0.335 e. The summed E-state index contributed by atoms with van der Waals surface area (Å²) in [6, 6.07) is 5.76. The first-order chi connectivity index (χ1) is 10.1. The molecule has 114 valence electrons. The van der Waals surface area contributed by atoms with Crippen molar-refractivity contribution in [2.24, 2.45) is 0 Å². The molecule has 2 rings (SSSR count). The number of aromatic carboxylic acids is 1. The average Bonchev–Trinajstić information content (AvgIpc) is 2.52. The number of aliphatic hydroxyl groups is 1. The van der Waals surface area contributed by atoms with Crippen molar-refractivity contribution in [3.05, 3.63) is 35.4 Å². The number of benzene rings is 1. The highest BCUT2D eigenvalue weighted by molar-refractivity contribution is 5.87. The zero-order valence-electron chi connectivity index (χ0n) is 11.5. The Kier molecular flexibility index (Phi) is 5.13. The molecule has 1 unspecified atom stereocenters. The van der Waals surface area contributed by atoms with Gasteiger partial charge in [-0.3, -0.25) is 0 Å². The number of rotatable bonds is 4. The highest BCUT2D eigenvalue weighted by Crippen LogP contribution is 2.08. The van der Waals surface area contributed by atoms with E-state index >= 15 is 0 Å². The lowest BCUT2D eigenvalue weighted by Gasteiger charge is -2.34. The second kappa shape index (κ2) is 7.05. The van der Waals surface area contributed by atoms with Gasteiger partial charge in [0.25, 0.3) is 0 Å². The third-order valence-electron chi connectivity index (χ3n) is 3.32. The van der Waals surface area contributed by atoms with Gasteiger partial charge in [0.15, 0.2) is 0 Å². The first kappa shape index (κ1) is 15.3. The minimum atomic E-state index is -1.00. The van der Waals surface area contributed by atoms with Crippen molar-refractivity contribution < 1.29 is 24.5 Å². The van der Waals surface area contributed by atoms with E-state index in [1.807, 2.05) is 0 Å². The van der Waals surface area contributed by atoms with Gasteiger partial charge in [-0.05, 0) is 17.7 Å². The zero-order valence-corrected chi connectivity index (χ0v) is 11.5. The lowest BCUT2D eigenvalue weighted by molar-refractivity contribution is -0.00766. The summed E-state index contributed by atoms with van der Waals surface area (Å²) < 4.78 is 5.21. The van der Waals surface area contributed by atoms with Gasteiger partial charge in [0.1, 0.15) is 0 Å². The van der Waals surface area contributed by atoms with E-state index in [0.717, 1.165) is 0 Å². The van der Waals surface area contributed by atoms with Crippen LogP contribution in [0.15, 0.2) is 24.3 Å². The summed E-state index contributed by atoms with van der Waals surface area (Å²) in [5, 5.41) is 20.9. The van der Waals surface area contributed by atoms with Gasteiger partial charge in [0.05, 0.1) is 31.4 Å². The van der Waals surface area contributed by atoms with Crippen LogP contribution in [0.4, 0.5) is 4.79 Å². The van der Waals surface area contributed by atoms with E-state index < -0.39 is 5.97 Å². The van der Waals surface area contributed by atoms with Gasteiger partial charge in [-0.1, -0.05) is 12.1 Å². The van der Waals surface area contributed by atoms with Crippen molar-refractivity contribution >= 4 is 12.0 Å². The Morgan fingerprint density at radius 1 is 1.43 bits per heavy atom. The van der Waals surface area contributed by atoms with Crippen LogP contribution in [0.2, 0.25) is 0 Å². The largest absolute Gasteiger partial charge is 0.478 e. The second-order valence-electron chi connectivity index (χ2n) is 4.77. The normalized spacial score (nSPS) is 18.3. The summed E-state index contributed by atoms with van der Waals surface area (Å²) >= 11 is 0. The van der Waals surface area contributed by atoms with Crippen molar-refractivity contribution in [1.82, 2.24) is 10.2 Å². The third-order valence-corrected chi connectivity index (χ3v) is 3.32. The minimum Gasteiger partial charge on any atom is -0.478 e. The van der Waals surface area contributed by atoms with Crippen molar-refractivity contribution in [3.8, 4) is 0 Å². The molecule has 3 N–H and O–H groups in total. The van der Waals surface area contributed by atoms with E-state index in [0.29, 0.717) is 25.3 Å². The van der Waals surface area contributed by atoms with Crippen LogP contribution in [0.1, 0.15) is 15.9 Å². The van der Waals surface area contributed by atoms with Crippen LogP contribution in [-0.4, -0.2) is 59.5 Å². The van der Waals surface area contributed by atoms with Crippen LogP contribution in [0.5, 0.6) is 0 Å². The molecule has 1 fully saturated rings. The summed E-state index contributed by atoms with van der Waals surface area (Å²) in [5.41, 5.74) is 0.887. The predicted molar refractivity (Wildman–Crippen MR) is 74.0 cm³/mol. The fourth-order valence-electron chi connectivity index (χ4n) is 2.17. The molecule has 1 heterocycles. The molecule has 0 radical (unpaired) electrons. The molecule has 0 spiro atoms. The van der Waals surface area contributed by atoms with Crippen molar-refractivity contribution in [2.75, 3.05) is 26.4 Å². The molecule has 7 heteroatoms. The number of carboxylic acid groups (broad SMARTS) is 1. The van der Waals surface area contributed by atoms with Gasteiger partial charge in [-0.25, -0.2) is 9.59 Å². The number of amides is 2. The van der Waals surface area contributed by atoms with Gasteiger partial charge >= 0.3 is 12.0 Å². The number of aliphatic hydroxyl groups excluding tert-OH is 1.